The Morgan fingerprint density at radius 2 is 1.68 bits per heavy atom. The van der Waals surface area contributed by atoms with Crippen molar-refractivity contribution in [2.45, 2.75) is 90.0 Å². The summed E-state index contributed by atoms with van der Waals surface area (Å²) < 4.78 is 1.66. The van der Waals surface area contributed by atoms with Crippen LogP contribution in [0.4, 0.5) is 0 Å². The molecule has 1 aromatic heterocycles. The Hall–Kier alpha value is -4.29. The van der Waals surface area contributed by atoms with Gasteiger partial charge >= 0.3 is 0 Å². The Morgan fingerprint density at radius 1 is 0.909 bits per heavy atom. The number of hydrogen-bond donors (Lipinski definition) is 3. The van der Waals surface area contributed by atoms with Crippen LogP contribution in [0.3, 0.4) is 0 Å². The number of rotatable bonds is 4. The number of benzene rings is 1. The number of nitrogens with one attached hydrogen (secondary N) is 3. The van der Waals surface area contributed by atoms with Crippen LogP contribution in [0.2, 0.25) is 0 Å². The molecule has 1 aromatic carbocycles. The van der Waals surface area contributed by atoms with Gasteiger partial charge in [0.25, 0.3) is 0 Å². The van der Waals surface area contributed by atoms with Crippen molar-refractivity contribution in [3.63, 3.8) is 0 Å². The molecule has 2 bridgehead atoms. The largest absolute Gasteiger partial charge is 0.349 e. The van der Waals surface area contributed by atoms with Gasteiger partial charge in [0.2, 0.25) is 29.5 Å². The van der Waals surface area contributed by atoms with E-state index < -0.39 is 29.9 Å². The number of fused-ring (bicyclic) bond motifs is 3. The third-order valence-corrected chi connectivity index (χ3v) is 8.07. The quantitative estimate of drug-likeness (QED) is 0.463. The summed E-state index contributed by atoms with van der Waals surface area (Å²) in [7, 11) is 1.57. The van der Waals surface area contributed by atoms with Crippen molar-refractivity contribution in [3.8, 4) is 0 Å². The highest BCUT2D eigenvalue weighted by atomic mass is 16.2. The molecule has 2 aliphatic heterocycles. The highest BCUT2D eigenvalue weighted by molar-refractivity contribution is 5.95. The predicted molar refractivity (Wildman–Crippen MR) is 162 cm³/mol. The van der Waals surface area contributed by atoms with Crippen molar-refractivity contribution in [1.82, 2.24) is 40.7 Å². The summed E-state index contributed by atoms with van der Waals surface area (Å²) in [6.45, 7) is 4.73. The van der Waals surface area contributed by atoms with Gasteiger partial charge in [-0.3, -0.25) is 28.7 Å². The molecule has 4 rings (SSSR count). The first-order chi connectivity index (χ1) is 21.1. The smallest absolute Gasteiger partial charge is 0.246 e. The van der Waals surface area contributed by atoms with Gasteiger partial charge in [0.15, 0.2) is 0 Å². The minimum Gasteiger partial charge on any atom is -0.349 e. The molecule has 0 unspecified atom stereocenters. The summed E-state index contributed by atoms with van der Waals surface area (Å²) in [5, 5.41) is 16.5. The van der Waals surface area contributed by atoms with E-state index in [1.54, 1.807) is 22.8 Å². The third kappa shape index (κ3) is 8.87. The van der Waals surface area contributed by atoms with Crippen molar-refractivity contribution in [3.05, 3.63) is 47.8 Å². The van der Waals surface area contributed by atoms with E-state index >= 15 is 0 Å². The minimum absolute atomic E-state index is 0.0859. The molecule has 13 heteroatoms. The Balaban J connectivity index is 1.59. The molecule has 238 valence electrons. The number of amides is 5. The number of hydrogen-bond acceptors (Lipinski definition) is 7. The van der Waals surface area contributed by atoms with E-state index in [0.717, 1.165) is 5.56 Å². The number of aryl methyl sites for hydroxylation is 1. The molecule has 3 atom stereocenters. The average molecular weight is 609 g/mol. The summed E-state index contributed by atoms with van der Waals surface area (Å²) in [5.41, 5.74) is 1.46. The molecule has 0 aliphatic carbocycles. The van der Waals surface area contributed by atoms with Crippen molar-refractivity contribution in [1.29, 1.82) is 0 Å². The maximum atomic E-state index is 14.0. The molecule has 13 nitrogen and oxygen atoms in total. The summed E-state index contributed by atoms with van der Waals surface area (Å²) in [5.74, 6) is -1.64. The van der Waals surface area contributed by atoms with Crippen molar-refractivity contribution < 1.29 is 24.0 Å². The molecule has 3 N–H and O–H groups in total. The lowest BCUT2D eigenvalue weighted by Crippen LogP contribution is -2.57. The zero-order chi connectivity index (χ0) is 31.6. The molecule has 0 radical (unpaired) electrons. The first kappa shape index (κ1) is 32.6. The SMILES string of the molecule is CC(C)C[C@H]1C(=O)NCC(=O)NCc2cn(nn2)CCCCC(=O)N[C@@H](Cc2ccccc2)C(=O)N2CCC[C@H]2C(=O)N1C. The van der Waals surface area contributed by atoms with Crippen molar-refractivity contribution in [2.75, 3.05) is 20.1 Å². The third-order valence-electron chi connectivity index (χ3n) is 8.07. The number of nitrogens with zero attached hydrogens (tertiary/aromatic N) is 5. The second-order valence-electron chi connectivity index (χ2n) is 12.0. The van der Waals surface area contributed by atoms with E-state index in [9.17, 15) is 24.0 Å². The molecular weight excluding hydrogens is 564 g/mol. The molecule has 2 aliphatic rings. The molecule has 44 heavy (non-hydrogen) atoms. The highest BCUT2D eigenvalue weighted by Gasteiger charge is 2.41. The van der Waals surface area contributed by atoms with E-state index in [2.05, 4.69) is 26.3 Å². The Labute approximate surface area is 258 Å². The minimum atomic E-state index is -0.840. The first-order valence-electron chi connectivity index (χ1n) is 15.5. The van der Waals surface area contributed by atoms with Crippen LogP contribution < -0.4 is 16.0 Å². The number of aromatic nitrogens is 3. The number of carbonyl (C=O) groups is 5. The van der Waals surface area contributed by atoms with Crippen LogP contribution in [0.15, 0.2) is 36.5 Å². The molecule has 3 heterocycles. The van der Waals surface area contributed by atoms with Gasteiger partial charge in [-0.2, -0.15) is 0 Å². The molecule has 0 spiro atoms. The average Bonchev–Trinajstić information content (AvgIpc) is 3.68. The van der Waals surface area contributed by atoms with Crippen LogP contribution in [0.5, 0.6) is 0 Å². The van der Waals surface area contributed by atoms with Gasteiger partial charge in [0.1, 0.15) is 23.8 Å². The van der Waals surface area contributed by atoms with Gasteiger partial charge in [-0.05, 0) is 43.6 Å². The van der Waals surface area contributed by atoms with Crippen LogP contribution in [0.1, 0.15) is 63.6 Å². The molecule has 2 aromatic rings. The highest BCUT2D eigenvalue weighted by Crippen LogP contribution is 2.23. The standard InChI is InChI=1S/C31H44N8O5/c1-21(2)16-26-29(42)33-19-28(41)32-18-23-20-38(36-35-23)14-8-7-13-27(40)34-24(17-22-10-5-4-6-11-22)30(43)39-15-9-12-25(39)31(44)37(26)3/h4-6,10-11,20-21,24-26H,7-9,12-19H2,1-3H3,(H,32,41)(H,33,42)(H,34,40)/t24-,25-,26-/m0/s1. The summed E-state index contributed by atoms with van der Waals surface area (Å²) >= 11 is 0. The van der Waals surface area contributed by atoms with E-state index in [1.807, 2.05) is 44.2 Å². The van der Waals surface area contributed by atoms with Crippen LogP contribution in [-0.4, -0.2) is 92.6 Å². The molecule has 5 amide bonds. The monoisotopic (exact) mass is 608 g/mol. The van der Waals surface area contributed by atoms with Crippen LogP contribution in [-0.2, 0) is 43.5 Å². The van der Waals surface area contributed by atoms with Gasteiger partial charge in [0, 0.05) is 33.0 Å². The van der Waals surface area contributed by atoms with Crippen LogP contribution in [0.25, 0.3) is 0 Å². The zero-order valence-electron chi connectivity index (χ0n) is 25.8. The van der Waals surface area contributed by atoms with E-state index in [-0.39, 0.29) is 43.1 Å². The maximum absolute atomic E-state index is 14.0. The van der Waals surface area contributed by atoms with Crippen molar-refractivity contribution >= 4 is 29.5 Å². The van der Waals surface area contributed by atoms with E-state index in [4.69, 9.17) is 0 Å². The zero-order valence-corrected chi connectivity index (χ0v) is 25.8. The van der Waals surface area contributed by atoms with Crippen LogP contribution in [0, 0.1) is 5.92 Å². The Morgan fingerprint density at radius 3 is 2.43 bits per heavy atom. The lowest BCUT2D eigenvalue weighted by atomic mass is 10.0. The number of carbonyl (C=O) groups excluding carboxylic acids is 5. The fraction of sp³-hybridized carbons (Fsp3) is 0.581. The fourth-order valence-electron chi connectivity index (χ4n) is 5.70. The molecule has 1 saturated heterocycles. The Kier molecular flexibility index (Phi) is 11.4. The summed E-state index contributed by atoms with van der Waals surface area (Å²) in [6.07, 6.45) is 4.97. The van der Waals surface area contributed by atoms with Gasteiger partial charge < -0.3 is 25.8 Å². The van der Waals surface area contributed by atoms with Crippen molar-refractivity contribution in [2.24, 2.45) is 5.92 Å². The normalized spacial score (nSPS) is 23.4. The fourth-order valence-corrected chi connectivity index (χ4v) is 5.70. The molecule has 0 saturated carbocycles. The molecule has 1 fully saturated rings. The first-order valence-corrected chi connectivity index (χ1v) is 15.5. The second kappa shape index (κ2) is 15.4. The second-order valence-corrected chi connectivity index (χ2v) is 12.0. The van der Waals surface area contributed by atoms with Gasteiger partial charge in [-0.25, -0.2) is 0 Å². The van der Waals surface area contributed by atoms with Gasteiger partial charge in [0.05, 0.1) is 19.3 Å². The number of likely N-dealkylation sites (N-methyl/N-ethyl adjacent to an activating group) is 1. The van der Waals surface area contributed by atoms with E-state index in [0.29, 0.717) is 57.3 Å². The molecular formula is C31H44N8O5. The summed E-state index contributed by atoms with van der Waals surface area (Å²) in [6, 6.07) is 7.05. The lowest BCUT2D eigenvalue weighted by molar-refractivity contribution is -0.148. The van der Waals surface area contributed by atoms with Gasteiger partial charge in [-0.15, -0.1) is 5.10 Å². The van der Waals surface area contributed by atoms with Gasteiger partial charge in [-0.1, -0.05) is 49.4 Å². The van der Waals surface area contributed by atoms with E-state index in [1.165, 1.54) is 4.90 Å². The lowest BCUT2D eigenvalue weighted by Gasteiger charge is -2.34. The van der Waals surface area contributed by atoms with Crippen LogP contribution >= 0.6 is 0 Å². The predicted octanol–water partition coefficient (Wildman–Crippen LogP) is 0.786. The topological polar surface area (TPSA) is 159 Å². The Bertz CT molecular complexity index is 1310. The maximum Gasteiger partial charge on any atom is 0.246 e. The summed E-state index contributed by atoms with van der Waals surface area (Å²) in [4.78, 5) is 69.7.